The van der Waals surface area contributed by atoms with Crippen molar-refractivity contribution in [2.45, 2.75) is 13.5 Å². The minimum atomic E-state index is -1.59. The molecular weight excluding hydrogens is 247 g/mol. The van der Waals surface area contributed by atoms with Gasteiger partial charge in [0.05, 0.1) is 0 Å². The summed E-state index contributed by atoms with van der Waals surface area (Å²) in [5.41, 5.74) is -0.339. The second-order valence-corrected chi connectivity index (χ2v) is 3.48. The highest BCUT2D eigenvalue weighted by molar-refractivity contribution is 5.83. The summed E-state index contributed by atoms with van der Waals surface area (Å²) in [5.74, 6) is -4.25. The zero-order chi connectivity index (χ0) is 13.3. The smallest absolute Gasteiger partial charge is 0.195 e. The Labute approximate surface area is 100 Å². The zero-order valence-corrected chi connectivity index (χ0v) is 9.32. The van der Waals surface area contributed by atoms with E-state index < -0.39 is 17.5 Å². The van der Waals surface area contributed by atoms with Gasteiger partial charge in [-0.15, -0.1) is 5.10 Å². The van der Waals surface area contributed by atoms with Gasteiger partial charge in [-0.1, -0.05) is 5.21 Å². The van der Waals surface area contributed by atoms with Crippen LogP contribution in [0.4, 0.5) is 13.2 Å². The lowest BCUT2D eigenvalue weighted by Gasteiger charge is -2.06. The van der Waals surface area contributed by atoms with Crippen molar-refractivity contribution in [1.82, 2.24) is 15.0 Å². The molecule has 1 heterocycles. The number of aromatic nitrogens is 3. The Morgan fingerprint density at radius 3 is 2.61 bits per heavy atom. The molecule has 0 aliphatic carbocycles. The summed E-state index contributed by atoms with van der Waals surface area (Å²) in [5, 5.41) is 7.16. The summed E-state index contributed by atoms with van der Waals surface area (Å²) in [4.78, 5) is 10.8. The van der Waals surface area contributed by atoms with Crippen molar-refractivity contribution >= 4 is 6.29 Å². The Balaban J connectivity index is 2.72. The Bertz CT molecular complexity index is 610. The summed E-state index contributed by atoms with van der Waals surface area (Å²) >= 11 is 0. The van der Waals surface area contributed by atoms with Crippen LogP contribution in [-0.4, -0.2) is 21.3 Å². The van der Waals surface area contributed by atoms with Crippen LogP contribution in [0.15, 0.2) is 12.1 Å². The van der Waals surface area contributed by atoms with Gasteiger partial charge < -0.3 is 0 Å². The van der Waals surface area contributed by atoms with Crippen molar-refractivity contribution in [2.75, 3.05) is 0 Å². The summed E-state index contributed by atoms with van der Waals surface area (Å²) < 4.78 is 40.9. The van der Waals surface area contributed by atoms with Gasteiger partial charge in [-0.05, 0) is 19.1 Å². The molecule has 2 rings (SSSR count). The SMILES string of the molecule is CCn1nnc(C=O)c1-c1ccc(F)c(F)c1F. The molecule has 0 unspecified atom stereocenters. The van der Waals surface area contributed by atoms with Crippen molar-refractivity contribution in [3.8, 4) is 11.3 Å². The van der Waals surface area contributed by atoms with E-state index in [2.05, 4.69) is 10.3 Å². The number of hydrogen-bond donors (Lipinski definition) is 0. The number of aldehydes is 1. The summed E-state index contributed by atoms with van der Waals surface area (Å²) in [6.07, 6.45) is 0.384. The molecule has 94 valence electrons. The van der Waals surface area contributed by atoms with Gasteiger partial charge in [-0.3, -0.25) is 4.79 Å². The van der Waals surface area contributed by atoms with E-state index in [-0.39, 0.29) is 17.0 Å². The van der Waals surface area contributed by atoms with Crippen molar-refractivity contribution in [2.24, 2.45) is 0 Å². The summed E-state index contributed by atoms with van der Waals surface area (Å²) in [6, 6.07) is 1.83. The molecule has 0 N–H and O–H groups in total. The first-order valence-electron chi connectivity index (χ1n) is 5.12. The molecule has 0 aliphatic rings. The van der Waals surface area contributed by atoms with Gasteiger partial charge in [-0.25, -0.2) is 17.9 Å². The van der Waals surface area contributed by atoms with Gasteiger partial charge in [0.25, 0.3) is 0 Å². The molecule has 0 radical (unpaired) electrons. The third kappa shape index (κ3) is 1.77. The average Bonchev–Trinajstić information content (AvgIpc) is 2.79. The minimum absolute atomic E-state index is 0.0314. The van der Waals surface area contributed by atoms with Gasteiger partial charge in [0.15, 0.2) is 29.4 Å². The van der Waals surface area contributed by atoms with Crippen molar-refractivity contribution in [3.63, 3.8) is 0 Å². The highest BCUT2D eigenvalue weighted by Gasteiger charge is 2.21. The number of carbonyl (C=O) groups excluding carboxylic acids is 1. The molecule has 7 heteroatoms. The number of rotatable bonds is 3. The van der Waals surface area contributed by atoms with Crippen molar-refractivity contribution < 1.29 is 18.0 Å². The van der Waals surface area contributed by atoms with Crippen LogP contribution < -0.4 is 0 Å². The molecule has 0 fully saturated rings. The first kappa shape index (κ1) is 12.3. The normalized spacial score (nSPS) is 10.7. The molecule has 18 heavy (non-hydrogen) atoms. The number of hydrogen-bond acceptors (Lipinski definition) is 3. The molecular formula is C11H8F3N3O. The van der Waals surface area contributed by atoms with E-state index in [9.17, 15) is 18.0 Å². The number of nitrogens with zero attached hydrogens (tertiary/aromatic N) is 3. The number of halogens is 3. The third-order valence-electron chi connectivity index (χ3n) is 2.46. The molecule has 1 aromatic heterocycles. The number of benzene rings is 1. The van der Waals surface area contributed by atoms with E-state index in [0.29, 0.717) is 12.8 Å². The maximum Gasteiger partial charge on any atom is 0.195 e. The average molecular weight is 255 g/mol. The largest absolute Gasteiger partial charge is 0.296 e. The second-order valence-electron chi connectivity index (χ2n) is 3.48. The quantitative estimate of drug-likeness (QED) is 0.624. The minimum Gasteiger partial charge on any atom is -0.296 e. The van der Waals surface area contributed by atoms with Gasteiger partial charge in [0.1, 0.15) is 5.69 Å². The van der Waals surface area contributed by atoms with Gasteiger partial charge >= 0.3 is 0 Å². The maximum absolute atomic E-state index is 13.7. The highest BCUT2D eigenvalue weighted by Crippen LogP contribution is 2.27. The fourth-order valence-corrected chi connectivity index (χ4v) is 1.61. The Hall–Kier alpha value is -2.18. The van der Waals surface area contributed by atoms with Crippen LogP contribution in [-0.2, 0) is 6.54 Å². The topological polar surface area (TPSA) is 47.8 Å². The zero-order valence-electron chi connectivity index (χ0n) is 9.32. The fraction of sp³-hybridized carbons (Fsp3) is 0.182. The molecule has 0 saturated heterocycles. The van der Waals surface area contributed by atoms with Gasteiger partial charge in [-0.2, -0.15) is 0 Å². The fourth-order valence-electron chi connectivity index (χ4n) is 1.61. The second kappa shape index (κ2) is 4.59. The first-order chi connectivity index (χ1) is 8.60. The molecule has 0 atom stereocenters. The number of aryl methyl sites for hydroxylation is 1. The van der Waals surface area contributed by atoms with E-state index in [1.165, 1.54) is 4.68 Å². The van der Waals surface area contributed by atoms with Crippen LogP contribution in [0.5, 0.6) is 0 Å². The Morgan fingerprint density at radius 2 is 2.00 bits per heavy atom. The highest BCUT2D eigenvalue weighted by atomic mass is 19.2. The van der Waals surface area contributed by atoms with Crippen LogP contribution in [0, 0.1) is 17.5 Å². The van der Waals surface area contributed by atoms with Crippen LogP contribution in [0.25, 0.3) is 11.3 Å². The van der Waals surface area contributed by atoms with E-state index in [0.717, 1.165) is 12.1 Å². The van der Waals surface area contributed by atoms with Gasteiger partial charge in [0, 0.05) is 12.1 Å². The van der Waals surface area contributed by atoms with E-state index in [4.69, 9.17) is 0 Å². The molecule has 1 aromatic carbocycles. The lowest BCUT2D eigenvalue weighted by Crippen LogP contribution is -2.03. The predicted molar refractivity (Wildman–Crippen MR) is 56.4 cm³/mol. The monoisotopic (exact) mass is 255 g/mol. The maximum atomic E-state index is 13.7. The molecule has 4 nitrogen and oxygen atoms in total. The molecule has 0 bridgehead atoms. The van der Waals surface area contributed by atoms with Crippen molar-refractivity contribution in [3.05, 3.63) is 35.3 Å². The van der Waals surface area contributed by atoms with E-state index in [1.54, 1.807) is 6.92 Å². The molecule has 0 spiro atoms. The predicted octanol–water partition coefficient (Wildman–Crippen LogP) is 2.19. The van der Waals surface area contributed by atoms with Crippen LogP contribution >= 0.6 is 0 Å². The van der Waals surface area contributed by atoms with Gasteiger partial charge in [0.2, 0.25) is 0 Å². The van der Waals surface area contributed by atoms with Crippen LogP contribution in [0.1, 0.15) is 17.4 Å². The first-order valence-corrected chi connectivity index (χ1v) is 5.12. The lowest BCUT2D eigenvalue weighted by atomic mass is 10.1. The molecule has 0 amide bonds. The number of carbonyl (C=O) groups is 1. The standard InChI is InChI=1S/C11H8F3N3O/c1-2-17-11(8(5-18)15-16-17)6-3-4-7(12)10(14)9(6)13/h3-5H,2H2,1H3. The van der Waals surface area contributed by atoms with E-state index in [1.807, 2.05) is 0 Å². The summed E-state index contributed by atoms with van der Waals surface area (Å²) in [6.45, 7) is 2.01. The van der Waals surface area contributed by atoms with Crippen molar-refractivity contribution in [1.29, 1.82) is 0 Å². The Kier molecular flexibility index (Phi) is 3.14. The van der Waals surface area contributed by atoms with Crippen LogP contribution in [0.3, 0.4) is 0 Å². The third-order valence-corrected chi connectivity index (χ3v) is 2.46. The molecule has 0 aliphatic heterocycles. The lowest BCUT2D eigenvalue weighted by molar-refractivity contribution is 0.111. The summed E-state index contributed by atoms with van der Waals surface area (Å²) in [7, 11) is 0. The Morgan fingerprint density at radius 1 is 1.28 bits per heavy atom. The van der Waals surface area contributed by atoms with Crippen LogP contribution in [0.2, 0.25) is 0 Å². The molecule has 0 saturated carbocycles. The molecule has 2 aromatic rings. The van der Waals surface area contributed by atoms with E-state index >= 15 is 0 Å².